The number of carboxylic acid groups (broad SMARTS) is 1. The molecule has 208 valence electrons. The highest BCUT2D eigenvalue weighted by Crippen LogP contribution is 2.51. The van der Waals surface area contributed by atoms with E-state index < -0.39 is 48.5 Å². The Kier molecular flexibility index (Phi) is 6.81. The molecule has 2 fully saturated rings. The fourth-order valence-electron chi connectivity index (χ4n) is 5.26. The van der Waals surface area contributed by atoms with Gasteiger partial charge in [-0.2, -0.15) is 5.10 Å². The number of hydrogen-bond donors (Lipinski definition) is 3. The summed E-state index contributed by atoms with van der Waals surface area (Å²) in [4.78, 5) is 32.7. The number of rotatable bonds is 7. The number of carbonyl (C=O) groups is 2. The van der Waals surface area contributed by atoms with Gasteiger partial charge in [0.2, 0.25) is 5.92 Å². The topological polar surface area (TPSA) is 131 Å². The maximum atomic E-state index is 13.9. The van der Waals surface area contributed by atoms with Gasteiger partial charge in [-0.25, -0.2) is 41.6 Å². The second-order valence-electron chi connectivity index (χ2n) is 10.2. The third-order valence-electron chi connectivity index (χ3n) is 7.21. The van der Waals surface area contributed by atoms with Crippen molar-refractivity contribution in [1.29, 1.82) is 0 Å². The number of imidazole rings is 1. The number of nitrogens with one attached hydrogen (secondary N) is 2. The first kappa shape index (κ1) is 26.6. The summed E-state index contributed by atoms with van der Waals surface area (Å²) in [5.74, 6) is -6.25. The molecule has 0 radical (unpaired) electrons. The SMILES string of the molecule is O=C(O)NC1(c2cnn3cc(C(NC(=O)OCc4ccccc4)C4CCC(F)(F)CC4)nc3n2)CC(F)(F)C1. The van der Waals surface area contributed by atoms with Gasteiger partial charge in [0.15, 0.2) is 0 Å². The third kappa shape index (κ3) is 5.88. The molecule has 3 aromatic rings. The minimum absolute atomic E-state index is 0.00304. The van der Waals surface area contributed by atoms with Crippen LogP contribution in [0.3, 0.4) is 0 Å². The molecule has 0 spiro atoms. The summed E-state index contributed by atoms with van der Waals surface area (Å²) in [7, 11) is 0. The molecule has 1 aromatic carbocycles. The second kappa shape index (κ2) is 9.97. The lowest BCUT2D eigenvalue weighted by atomic mass is 9.71. The van der Waals surface area contributed by atoms with Crippen molar-refractivity contribution in [2.24, 2.45) is 5.92 Å². The minimum atomic E-state index is -3.06. The fraction of sp³-hybridized carbons (Fsp3) is 0.480. The van der Waals surface area contributed by atoms with Crippen molar-refractivity contribution < 1.29 is 37.0 Å². The lowest BCUT2D eigenvalue weighted by Gasteiger charge is -2.46. The highest BCUT2D eigenvalue weighted by molar-refractivity contribution is 5.68. The monoisotopic (exact) mass is 550 g/mol. The molecule has 0 saturated heterocycles. The van der Waals surface area contributed by atoms with Crippen LogP contribution in [-0.4, -0.2) is 48.7 Å². The van der Waals surface area contributed by atoms with Crippen molar-refractivity contribution in [3.8, 4) is 0 Å². The number of nitrogens with zero attached hydrogens (tertiary/aromatic N) is 4. The van der Waals surface area contributed by atoms with E-state index in [1.165, 1.54) is 16.9 Å². The molecule has 2 heterocycles. The van der Waals surface area contributed by atoms with E-state index in [4.69, 9.17) is 4.74 Å². The van der Waals surface area contributed by atoms with E-state index >= 15 is 0 Å². The number of halogens is 4. The molecule has 2 aliphatic carbocycles. The molecule has 2 saturated carbocycles. The molecule has 3 N–H and O–H groups in total. The van der Waals surface area contributed by atoms with Crippen LogP contribution in [0.2, 0.25) is 0 Å². The van der Waals surface area contributed by atoms with Gasteiger partial charge in [0.1, 0.15) is 6.61 Å². The van der Waals surface area contributed by atoms with E-state index in [9.17, 15) is 32.3 Å². The Morgan fingerprint density at radius 2 is 1.77 bits per heavy atom. The van der Waals surface area contributed by atoms with E-state index in [1.807, 2.05) is 6.07 Å². The van der Waals surface area contributed by atoms with Gasteiger partial charge in [-0.15, -0.1) is 0 Å². The Morgan fingerprint density at radius 1 is 1.08 bits per heavy atom. The number of alkyl carbamates (subject to hydrolysis) is 1. The molecule has 2 aliphatic rings. The summed E-state index contributed by atoms with van der Waals surface area (Å²) in [6.45, 7) is 0.00304. The van der Waals surface area contributed by atoms with Gasteiger partial charge in [-0.1, -0.05) is 30.3 Å². The Hall–Kier alpha value is -3.97. The van der Waals surface area contributed by atoms with Crippen molar-refractivity contribution in [2.45, 2.75) is 68.6 Å². The van der Waals surface area contributed by atoms with Crippen LogP contribution >= 0.6 is 0 Å². The Bertz CT molecular complexity index is 1350. The van der Waals surface area contributed by atoms with E-state index in [-0.39, 0.29) is 55.4 Å². The molecule has 0 bridgehead atoms. The number of alkyl halides is 4. The average molecular weight is 551 g/mol. The zero-order chi connectivity index (χ0) is 27.8. The molecule has 1 unspecified atom stereocenters. The molecule has 39 heavy (non-hydrogen) atoms. The van der Waals surface area contributed by atoms with Crippen molar-refractivity contribution in [3.05, 3.63) is 59.7 Å². The van der Waals surface area contributed by atoms with Gasteiger partial charge in [0, 0.05) is 25.7 Å². The summed E-state index contributed by atoms with van der Waals surface area (Å²) in [5, 5.41) is 18.2. The van der Waals surface area contributed by atoms with E-state index in [0.717, 1.165) is 5.56 Å². The highest BCUT2D eigenvalue weighted by Gasteiger charge is 2.59. The molecular weight excluding hydrogens is 524 g/mol. The molecule has 1 atom stereocenters. The number of carbonyl (C=O) groups excluding carboxylic acids is 1. The lowest BCUT2D eigenvalue weighted by Crippen LogP contribution is -2.60. The predicted molar refractivity (Wildman–Crippen MR) is 127 cm³/mol. The number of benzene rings is 1. The summed E-state index contributed by atoms with van der Waals surface area (Å²) in [6.07, 6.45) is -1.61. The van der Waals surface area contributed by atoms with Gasteiger partial charge < -0.3 is 20.5 Å². The van der Waals surface area contributed by atoms with Crippen LogP contribution in [0.1, 0.15) is 61.5 Å². The third-order valence-corrected chi connectivity index (χ3v) is 7.21. The summed E-state index contributed by atoms with van der Waals surface area (Å²) in [5.41, 5.74) is -0.604. The van der Waals surface area contributed by atoms with Crippen LogP contribution < -0.4 is 10.6 Å². The normalized spacial score (nSPS) is 20.5. The first-order chi connectivity index (χ1) is 18.4. The van der Waals surface area contributed by atoms with Crippen LogP contribution in [0.25, 0.3) is 5.78 Å². The minimum Gasteiger partial charge on any atom is -0.465 e. The number of hydrogen-bond acceptors (Lipinski definition) is 6. The largest absolute Gasteiger partial charge is 0.465 e. The molecule has 10 nitrogen and oxygen atoms in total. The molecule has 2 aromatic heterocycles. The van der Waals surface area contributed by atoms with Crippen LogP contribution in [0.4, 0.5) is 27.2 Å². The first-order valence-corrected chi connectivity index (χ1v) is 12.4. The predicted octanol–water partition coefficient (Wildman–Crippen LogP) is 4.81. The molecule has 2 amide bonds. The number of amides is 2. The van der Waals surface area contributed by atoms with Crippen molar-refractivity contribution >= 4 is 18.0 Å². The Labute approximate surface area is 219 Å². The zero-order valence-corrected chi connectivity index (χ0v) is 20.6. The van der Waals surface area contributed by atoms with E-state index in [2.05, 4.69) is 25.7 Å². The Balaban J connectivity index is 1.40. The molecule has 0 aliphatic heterocycles. The number of ether oxygens (including phenoxy) is 1. The van der Waals surface area contributed by atoms with Gasteiger partial charge in [-0.05, 0) is 24.3 Å². The number of aromatic nitrogens is 4. The first-order valence-electron chi connectivity index (χ1n) is 12.4. The maximum Gasteiger partial charge on any atom is 0.408 e. The quantitative estimate of drug-likeness (QED) is 0.360. The summed E-state index contributed by atoms with van der Waals surface area (Å²) < 4.78 is 61.8. The highest BCUT2D eigenvalue weighted by atomic mass is 19.3. The smallest absolute Gasteiger partial charge is 0.408 e. The standard InChI is InChI=1S/C25H26F4N6O4/c26-24(27)8-6-16(7-9-24)19(33-22(38)39-12-15-4-2-1-3-5-15)17-11-35-20(31-17)32-18(10-30-35)23(34-21(36)37)13-25(28,29)14-23/h1-5,10-11,16,19,34H,6-9,12-14H2,(H,33,38)(H,36,37). The average Bonchev–Trinajstić information content (AvgIpc) is 3.28. The summed E-state index contributed by atoms with van der Waals surface area (Å²) >= 11 is 0. The van der Waals surface area contributed by atoms with E-state index in [1.54, 1.807) is 24.3 Å². The molecular formula is C25H26F4N6O4. The molecule has 5 rings (SSSR count). The lowest BCUT2D eigenvalue weighted by molar-refractivity contribution is -0.136. The van der Waals surface area contributed by atoms with E-state index in [0.29, 0.717) is 0 Å². The van der Waals surface area contributed by atoms with Crippen LogP contribution in [0, 0.1) is 5.92 Å². The zero-order valence-electron chi connectivity index (χ0n) is 20.6. The van der Waals surface area contributed by atoms with Gasteiger partial charge in [0.25, 0.3) is 11.7 Å². The van der Waals surface area contributed by atoms with Crippen LogP contribution in [0.15, 0.2) is 42.7 Å². The van der Waals surface area contributed by atoms with Crippen LogP contribution in [-0.2, 0) is 16.9 Å². The van der Waals surface area contributed by atoms with Crippen molar-refractivity contribution in [1.82, 2.24) is 30.2 Å². The van der Waals surface area contributed by atoms with Crippen molar-refractivity contribution in [2.75, 3.05) is 0 Å². The van der Waals surface area contributed by atoms with Crippen LogP contribution in [0.5, 0.6) is 0 Å². The maximum absolute atomic E-state index is 13.9. The Morgan fingerprint density at radius 3 is 2.41 bits per heavy atom. The fourth-order valence-corrected chi connectivity index (χ4v) is 5.26. The molecule has 14 heteroatoms. The summed E-state index contributed by atoms with van der Waals surface area (Å²) in [6, 6.07) is 8.19. The number of fused-ring (bicyclic) bond motifs is 1. The van der Waals surface area contributed by atoms with Gasteiger partial charge >= 0.3 is 12.2 Å². The van der Waals surface area contributed by atoms with Gasteiger partial charge in [0.05, 0.1) is 35.4 Å². The van der Waals surface area contributed by atoms with Crippen molar-refractivity contribution in [3.63, 3.8) is 0 Å². The van der Waals surface area contributed by atoms with Gasteiger partial charge in [-0.3, -0.25) is 0 Å². The second-order valence-corrected chi connectivity index (χ2v) is 10.2.